The summed E-state index contributed by atoms with van der Waals surface area (Å²) in [6.07, 6.45) is 3.05. The molecule has 116 valence electrons. The molecule has 21 heavy (non-hydrogen) atoms. The maximum atomic E-state index is 12.3. The molecule has 0 unspecified atom stereocenters. The molecule has 2 N–H and O–H groups in total. The summed E-state index contributed by atoms with van der Waals surface area (Å²) in [6, 6.07) is 0. The third-order valence-corrected chi connectivity index (χ3v) is 3.40. The largest absolute Gasteiger partial charge is 0.389 e. The SMILES string of the molecule is CNc1cnc(C(=O)N2CCN(CC(C)(C)O)CC2)cn1. The van der Waals surface area contributed by atoms with Crippen molar-refractivity contribution >= 4 is 11.7 Å². The minimum absolute atomic E-state index is 0.0898. The van der Waals surface area contributed by atoms with Gasteiger partial charge >= 0.3 is 0 Å². The van der Waals surface area contributed by atoms with Crippen molar-refractivity contribution in [2.45, 2.75) is 19.4 Å². The molecule has 2 rings (SSSR count). The van der Waals surface area contributed by atoms with Crippen molar-refractivity contribution in [1.29, 1.82) is 0 Å². The number of aliphatic hydroxyl groups is 1. The van der Waals surface area contributed by atoms with Crippen LogP contribution in [0.15, 0.2) is 12.4 Å². The Morgan fingerprint density at radius 1 is 1.29 bits per heavy atom. The van der Waals surface area contributed by atoms with Gasteiger partial charge in [0.15, 0.2) is 0 Å². The van der Waals surface area contributed by atoms with E-state index in [4.69, 9.17) is 0 Å². The van der Waals surface area contributed by atoms with Gasteiger partial charge in [0.25, 0.3) is 5.91 Å². The predicted molar refractivity (Wildman–Crippen MR) is 80.2 cm³/mol. The van der Waals surface area contributed by atoms with Crippen LogP contribution in [0.1, 0.15) is 24.3 Å². The van der Waals surface area contributed by atoms with Gasteiger partial charge in [-0.25, -0.2) is 9.97 Å². The number of aromatic nitrogens is 2. The number of β-amino-alcohol motifs (C(OH)–C–C–N with tert-alkyl or cyclic N) is 1. The van der Waals surface area contributed by atoms with E-state index in [0.717, 1.165) is 13.1 Å². The normalized spacial score (nSPS) is 16.9. The first-order valence-corrected chi connectivity index (χ1v) is 7.13. The monoisotopic (exact) mass is 293 g/mol. The van der Waals surface area contributed by atoms with Crippen LogP contribution < -0.4 is 5.32 Å². The number of carbonyl (C=O) groups excluding carboxylic acids is 1. The summed E-state index contributed by atoms with van der Waals surface area (Å²) in [5, 5.41) is 12.7. The van der Waals surface area contributed by atoms with E-state index in [1.807, 2.05) is 0 Å². The van der Waals surface area contributed by atoms with Gasteiger partial charge in [0.1, 0.15) is 11.5 Å². The lowest BCUT2D eigenvalue weighted by Gasteiger charge is -2.37. The first kappa shape index (κ1) is 15.7. The molecule has 0 aliphatic carbocycles. The molecule has 0 spiro atoms. The van der Waals surface area contributed by atoms with Crippen LogP contribution in [0.25, 0.3) is 0 Å². The molecule has 1 amide bonds. The molecule has 1 aliphatic rings. The predicted octanol–water partition coefficient (Wildman–Crippen LogP) is 0.0470. The average molecular weight is 293 g/mol. The number of anilines is 1. The van der Waals surface area contributed by atoms with Crippen LogP contribution in [0, 0.1) is 0 Å². The summed E-state index contributed by atoms with van der Waals surface area (Å²) in [5.41, 5.74) is -0.342. The Bertz CT molecular complexity index is 475. The number of nitrogens with zero attached hydrogens (tertiary/aromatic N) is 4. The van der Waals surface area contributed by atoms with E-state index in [1.54, 1.807) is 32.0 Å². The zero-order valence-corrected chi connectivity index (χ0v) is 12.8. The van der Waals surface area contributed by atoms with E-state index in [0.29, 0.717) is 31.1 Å². The van der Waals surface area contributed by atoms with Gasteiger partial charge in [0.2, 0.25) is 0 Å². The molecule has 7 heteroatoms. The number of nitrogens with one attached hydrogen (secondary N) is 1. The molecule has 1 aromatic rings. The molecular weight excluding hydrogens is 270 g/mol. The highest BCUT2D eigenvalue weighted by Gasteiger charge is 2.26. The summed E-state index contributed by atoms with van der Waals surface area (Å²) in [7, 11) is 1.76. The lowest BCUT2D eigenvalue weighted by atomic mass is 10.1. The third-order valence-electron chi connectivity index (χ3n) is 3.40. The van der Waals surface area contributed by atoms with E-state index in [-0.39, 0.29) is 5.91 Å². The Labute approximate surface area is 125 Å². The van der Waals surface area contributed by atoms with Crippen molar-refractivity contribution in [1.82, 2.24) is 19.8 Å². The number of hydrogen-bond acceptors (Lipinski definition) is 6. The molecule has 0 radical (unpaired) electrons. The second-order valence-electron chi connectivity index (χ2n) is 5.92. The van der Waals surface area contributed by atoms with Crippen LogP contribution in [-0.4, -0.2) is 76.2 Å². The molecule has 1 aliphatic heterocycles. The van der Waals surface area contributed by atoms with Gasteiger partial charge in [0, 0.05) is 39.8 Å². The highest BCUT2D eigenvalue weighted by molar-refractivity contribution is 5.92. The topological polar surface area (TPSA) is 81.6 Å². The van der Waals surface area contributed by atoms with Crippen LogP contribution in [0.2, 0.25) is 0 Å². The molecule has 0 bridgehead atoms. The summed E-state index contributed by atoms with van der Waals surface area (Å²) in [6.45, 7) is 7.02. The molecule has 0 aromatic carbocycles. The third kappa shape index (κ3) is 4.37. The van der Waals surface area contributed by atoms with Crippen molar-refractivity contribution in [3.63, 3.8) is 0 Å². The summed E-state index contributed by atoms with van der Waals surface area (Å²) < 4.78 is 0. The summed E-state index contributed by atoms with van der Waals surface area (Å²) in [5.74, 6) is 0.551. The van der Waals surface area contributed by atoms with Crippen molar-refractivity contribution in [3.8, 4) is 0 Å². The summed E-state index contributed by atoms with van der Waals surface area (Å²) >= 11 is 0. The van der Waals surface area contributed by atoms with E-state index in [2.05, 4.69) is 20.2 Å². The highest BCUT2D eigenvalue weighted by Crippen LogP contribution is 2.11. The van der Waals surface area contributed by atoms with Crippen molar-refractivity contribution in [2.75, 3.05) is 45.1 Å². The molecule has 7 nitrogen and oxygen atoms in total. The number of amides is 1. The molecular formula is C14H23N5O2. The number of carbonyl (C=O) groups is 1. The van der Waals surface area contributed by atoms with Gasteiger partial charge in [-0.3, -0.25) is 9.69 Å². The second kappa shape index (κ2) is 6.36. The zero-order valence-electron chi connectivity index (χ0n) is 12.8. The fraction of sp³-hybridized carbons (Fsp3) is 0.643. The molecule has 1 saturated heterocycles. The molecule has 0 atom stereocenters. The second-order valence-corrected chi connectivity index (χ2v) is 5.92. The number of hydrogen-bond donors (Lipinski definition) is 2. The quantitative estimate of drug-likeness (QED) is 0.816. The standard InChI is InChI=1S/C14H23N5O2/c1-14(2,21)10-18-4-6-19(7-5-18)13(20)11-8-17-12(15-3)9-16-11/h8-9,21H,4-7,10H2,1-3H3,(H,15,17). The van der Waals surface area contributed by atoms with Gasteiger partial charge in [-0.15, -0.1) is 0 Å². The van der Waals surface area contributed by atoms with Gasteiger partial charge in [-0.2, -0.15) is 0 Å². The lowest BCUT2D eigenvalue weighted by molar-refractivity contribution is 0.0177. The maximum absolute atomic E-state index is 12.3. The van der Waals surface area contributed by atoms with Crippen LogP contribution in [0.5, 0.6) is 0 Å². The maximum Gasteiger partial charge on any atom is 0.274 e. The van der Waals surface area contributed by atoms with Gasteiger partial charge in [-0.1, -0.05) is 0 Å². The van der Waals surface area contributed by atoms with E-state index in [9.17, 15) is 9.90 Å². The Balaban J connectivity index is 1.90. The average Bonchev–Trinajstić information content (AvgIpc) is 2.46. The van der Waals surface area contributed by atoms with E-state index >= 15 is 0 Å². The number of piperazine rings is 1. The van der Waals surface area contributed by atoms with Crippen molar-refractivity contribution in [2.24, 2.45) is 0 Å². The smallest absolute Gasteiger partial charge is 0.274 e. The van der Waals surface area contributed by atoms with Gasteiger partial charge < -0.3 is 15.3 Å². The zero-order chi connectivity index (χ0) is 15.5. The van der Waals surface area contributed by atoms with Crippen molar-refractivity contribution < 1.29 is 9.90 Å². The van der Waals surface area contributed by atoms with Crippen LogP contribution >= 0.6 is 0 Å². The molecule has 0 saturated carbocycles. The Kier molecular flexibility index (Phi) is 4.74. The van der Waals surface area contributed by atoms with Crippen molar-refractivity contribution in [3.05, 3.63) is 18.1 Å². The van der Waals surface area contributed by atoms with E-state index < -0.39 is 5.60 Å². The van der Waals surface area contributed by atoms with Crippen LogP contribution in [0.4, 0.5) is 5.82 Å². The fourth-order valence-corrected chi connectivity index (χ4v) is 2.39. The summed E-state index contributed by atoms with van der Waals surface area (Å²) in [4.78, 5) is 24.5. The first-order chi connectivity index (χ1) is 9.89. The molecule has 1 fully saturated rings. The number of rotatable bonds is 4. The first-order valence-electron chi connectivity index (χ1n) is 7.13. The highest BCUT2D eigenvalue weighted by atomic mass is 16.3. The Hall–Kier alpha value is -1.73. The van der Waals surface area contributed by atoms with E-state index in [1.165, 1.54) is 6.20 Å². The Morgan fingerprint density at radius 2 is 1.95 bits per heavy atom. The minimum atomic E-state index is -0.708. The molecule has 2 heterocycles. The Morgan fingerprint density at radius 3 is 2.43 bits per heavy atom. The van der Waals surface area contributed by atoms with Gasteiger partial charge in [0.05, 0.1) is 18.0 Å². The van der Waals surface area contributed by atoms with Crippen LogP contribution in [-0.2, 0) is 0 Å². The molecule has 1 aromatic heterocycles. The van der Waals surface area contributed by atoms with Gasteiger partial charge in [-0.05, 0) is 13.8 Å². The lowest BCUT2D eigenvalue weighted by Crippen LogP contribution is -2.52. The van der Waals surface area contributed by atoms with Crippen LogP contribution in [0.3, 0.4) is 0 Å². The minimum Gasteiger partial charge on any atom is -0.389 e. The fourth-order valence-electron chi connectivity index (χ4n) is 2.39.